The van der Waals surface area contributed by atoms with E-state index >= 15 is 0 Å². The zero-order valence-electron chi connectivity index (χ0n) is 9.85. The van der Waals surface area contributed by atoms with E-state index in [0.717, 1.165) is 6.42 Å². The second-order valence-electron chi connectivity index (χ2n) is 4.99. The predicted molar refractivity (Wildman–Crippen MR) is 56.2 cm³/mol. The molecule has 0 bridgehead atoms. The Bertz CT molecular complexity index is 174. The molecule has 1 nitrogen and oxygen atoms in total. The minimum Gasteiger partial charge on any atom is -0.190 e. The summed E-state index contributed by atoms with van der Waals surface area (Å²) in [5.41, 5.74) is 0.241. The maximum absolute atomic E-state index is 5.95. The molecule has 1 saturated heterocycles. The summed E-state index contributed by atoms with van der Waals surface area (Å²) < 4.78 is 5.95. The van der Waals surface area contributed by atoms with Crippen molar-refractivity contribution in [2.24, 2.45) is 17.3 Å². The molecule has 0 spiro atoms. The molecule has 0 aromatic rings. The third-order valence-electron chi connectivity index (χ3n) is 4.15. The standard InChI is InChI=1S/C12H23O/c1-7-11-8(2)9(3)12(5,6)10(4)13-11/h8-9,11H,7H2,1-6H3/q+1/t8-,9?,11?/m0/s1. The van der Waals surface area contributed by atoms with Gasteiger partial charge in [0.25, 0.3) is 0 Å². The molecule has 3 atom stereocenters. The van der Waals surface area contributed by atoms with E-state index in [-0.39, 0.29) is 5.41 Å². The number of ether oxygens (including phenoxy) is 1. The summed E-state index contributed by atoms with van der Waals surface area (Å²) in [5.74, 6) is 1.38. The largest absolute Gasteiger partial charge is 0.244 e. The van der Waals surface area contributed by atoms with E-state index in [1.165, 1.54) is 6.10 Å². The Morgan fingerprint density at radius 1 is 1.31 bits per heavy atom. The van der Waals surface area contributed by atoms with Crippen LogP contribution >= 0.6 is 0 Å². The average molecular weight is 183 g/mol. The van der Waals surface area contributed by atoms with Crippen LogP contribution in [0.4, 0.5) is 0 Å². The van der Waals surface area contributed by atoms with E-state index in [1.807, 2.05) is 0 Å². The molecule has 0 N–H and O–H groups in total. The van der Waals surface area contributed by atoms with Gasteiger partial charge in [-0.2, -0.15) is 4.74 Å². The Labute approximate surface area is 82.9 Å². The summed E-state index contributed by atoms with van der Waals surface area (Å²) in [7, 11) is 0. The maximum Gasteiger partial charge on any atom is 0.244 e. The van der Waals surface area contributed by atoms with E-state index in [2.05, 4.69) is 41.5 Å². The first-order chi connectivity index (χ1) is 5.91. The minimum atomic E-state index is 0.241. The SMILES string of the molecule is CCC1O[C+](C)C(C)(C)C(C)[C@@H]1C. The quantitative estimate of drug-likeness (QED) is 0.564. The molecule has 0 aliphatic carbocycles. The van der Waals surface area contributed by atoms with E-state index in [9.17, 15) is 0 Å². The smallest absolute Gasteiger partial charge is 0.190 e. The van der Waals surface area contributed by atoms with Gasteiger partial charge in [-0.3, -0.25) is 0 Å². The third kappa shape index (κ3) is 1.71. The normalized spacial score (nSPS) is 39.2. The molecule has 0 saturated carbocycles. The Balaban J connectivity index is 2.79. The first-order valence-corrected chi connectivity index (χ1v) is 5.42. The molecule has 1 heterocycles. The van der Waals surface area contributed by atoms with Crippen molar-refractivity contribution in [3.05, 3.63) is 6.10 Å². The van der Waals surface area contributed by atoms with Crippen molar-refractivity contribution in [1.29, 1.82) is 0 Å². The van der Waals surface area contributed by atoms with Crippen LogP contribution in [0.15, 0.2) is 0 Å². The highest BCUT2D eigenvalue weighted by Gasteiger charge is 2.53. The summed E-state index contributed by atoms with van der Waals surface area (Å²) in [4.78, 5) is 0. The van der Waals surface area contributed by atoms with Gasteiger partial charge < -0.3 is 0 Å². The van der Waals surface area contributed by atoms with Gasteiger partial charge in [-0.1, -0.05) is 20.8 Å². The summed E-state index contributed by atoms with van der Waals surface area (Å²) in [5, 5.41) is 0. The van der Waals surface area contributed by atoms with Crippen molar-refractivity contribution >= 4 is 0 Å². The number of rotatable bonds is 1. The highest BCUT2D eigenvalue weighted by molar-refractivity contribution is 5.01. The maximum atomic E-state index is 5.95. The van der Waals surface area contributed by atoms with Crippen LogP contribution < -0.4 is 0 Å². The van der Waals surface area contributed by atoms with Gasteiger partial charge in [0.1, 0.15) is 18.4 Å². The van der Waals surface area contributed by atoms with Crippen molar-refractivity contribution in [3.63, 3.8) is 0 Å². The fraction of sp³-hybridized carbons (Fsp3) is 0.917. The first-order valence-electron chi connectivity index (χ1n) is 5.42. The van der Waals surface area contributed by atoms with Gasteiger partial charge in [0, 0.05) is 5.92 Å². The summed E-state index contributed by atoms with van der Waals surface area (Å²) >= 11 is 0. The molecule has 0 aromatic carbocycles. The zero-order valence-corrected chi connectivity index (χ0v) is 9.85. The van der Waals surface area contributed by atoms with Crippen molar-refractivity contribution in [2.75, 3.05) is 0 Å². The van der Waals surface area contributed by atoms with Crippen LogP contribution in [-0.4, -0.2) is 6.10 Å². The molecule has 76 valence electrons. The van der Waals surface area contributed by atoms with Crippen LogP contribution in [-0.2, 0) is 4.74 Å². The van der Waals surface area contributed by atoms with E-state index in [1.54, 1.807) is 0 Å². The van der Waals surface area contributed by atoms with Crippen LogP contribution in [0.2, 0.25) is 0 Å². The van der Waals surface area contributed by atoms with Crippen molar-refractivity contribution < 1.29 is 4.74 Å². The van der Waals surface area contributed by atoms with Crippen molar-refractivity contribution in [1.82, 2.24) is 0 Å². The number of hydrogen-bond acceptors (Lipinski definition) is 1. The monoisotopic (exact) mass is 183 g/mol. The lowest BCUT2D eigenvalue weighted by Crippen LogP contribution is -2.45. The second kappa shape index (κ2) is 3.53. The Morgan fingerprint density at radius 3 is 2.31 bits per heavy atom. The minimum absolute atomic E-state index is 0.241. The Kier molecular flexibility index (Phi) is 2.96. The molecule has 0 amide bonds. The summed E-state index contributed by atoms with van der Waals surface area (Å²) in [6.45, 7) is 13.6. The molecule has 0 aromatic heterocycles. The van der Waals surface area contributed by atoms with Crippen molar-refractivity contribution in [2.45, 2.75) is 54.1 Å². The summed E-state index contributed by atoms with van der Waals surface area (Å²) in [6.07, 6.45) is 2.77. The molecule has 2 unspecified atom stereocenters. The number of hydrogen-bond donors (Lipinski definition) is 0. The molecule has 1 heteroatoms. The molecular formula is C12H23O+. The average Bonchev–Trinajstić information content (AvgIpc) is 2.09. The van der Waals surface area contributed by atoms with Gasteiger partial charge in [0.05, 0.1) is 0 Å². The molecule has 13 heavy (non-hydrogen) atoms. The first kappa shape index (κ1) is 10.9. The van der Waals surface area contributed by atoms with Crippen LogP contribution in [0.25, 0.3) is 0 Å². The van der Waals surface area contributed by atoms with Crippen LogP contribution in [0.3, 0.4) is 0 Å². The molecule has 1 aliphatic rings. The lowest BCUT2D eigenvalue weighted by molar-refractivity contribution is -0.105. The highest BCUT2D eigenvalue weighted by atomic mass is 16.5. The predicted octanol–water partition coefficient (Wildman–Crippen LogP) is 3.65. The highest BCUT2D eigenvalue weighted by Crippen LogP contribution is 2.48. The van der Waals surface area contributed by atoms with E-state index in [0.29, 0.717) is 17.9 Å². The molecule has 1 rings (SSSR count). The van der Waals surface area contributed by atoms with Crippen LogP contribution in [0.5, 0.6) is 0 Å². The topological polar surface area (TPSA) is 9.23 Å². The van der Waals surface area contributed by atoms with Gasteiger partial charge in [0.15, 0.2) is 0 Å². The molecule has 1 fully saturated rings. The van der Waals surface area contributed by atoms with Gasteiger partial charge in [-0.05, 0) is 26.2 Å². The van der Waals surface area contributed by atoms with Crippen molar-refractivity contribution in [3.8, 4) is 0 Å². The Morgan fingerprint density at radius 2 is 1.85 bits per heavy atom. The van der Waals surface area contributed by atoms with Gasteiger partial charge in [-0.25, -0.2) is 0 Å². The van der Waals surface area contributed by atoms with Gasteiger partial charge >= 0.3 is 0 Å². The molecular weight excluding hydrogens is 160 g/mol. The fourth-order valence-electron chi connectivity index (χ4n) is 2.24. The lowest BCUT2D eigenvalue weighted by Gasteiger charge is -2.40. The lowest BCUT2D eigenvalue weighted by atomic mass is 9.66. The second-order valence-corrected chi connectivity index (χ2v) is 4.99. The fourth-order valence-corrected chi connectivity index (χ4v) is 2.24. The summed E-state index contributed by atoms with van der Waals surface area (Å²) in [6, 6.07) is 0. The Hall–Kier alpha value is -0.170. The zero-order chi connectivity index (χ0) is 10.2. The van der Waals surface area contributed by atoms with Crippen LogP contribution in [0, 0.1) is 23.4 Å². The third-order valence-corrected chi connectivity index (χ3v) is 4.15. The van der Waals surface area contributed by atoms with Gasteiger partial charge in [-0.15, -0.1) is 0 Å². The molecule has 1 aliphatic heterocycles. The van der Waals surface area contributed by atoms with Gasteiger partial charge in [0.2, 0.25) is 6.10 Å². The van der Waals surface area contributed by atoms with E-state index in [4.69, 9.17) is 4.74 Å². The van der Waals surface area contributed by atoms with Crippen LogP contribution in [0.1, 0.15) is 48.0 Å². The molecule has 0 radical (unpaired) electrons. The van der Waals surface area contributed by atoms with E-state index < -0.39 is 0 Å².